The van der Waals surface area contributed by atoms with E-state index in [1.807, 2.05) is 49.4 Å². The number of hydrogen-bond acceptors (Lipinski definition) is 3. The third kappa shape index (κ3) is 5.06. The first kappa shape index (κ1) is 19.8. The lowest BCUT2D eigenvalue weighted by molar-refractivity contribution is -0.138. The van der Waals surface area contributed by atoms with Gasteiger partial charge in [-0.2, -0.15) is 0 Å². The molecule has 1 heterocycles. The number of hydrogen-bond donors (Lipinski definition) is 1. The molecule has 28 heavy (non-hydrogen) atoms. The fraction of sp³-hybridized carbons (Fsp3) is 0.348. The first-order chi connectivity index (χ1) is 13.5. The Bertz CT molecular complexity index is 831. The van der Waals surface area contributed by atoms with Gasteiger partial charge in [0.25, 0.3) is 0 Å². The van der Waals surface area contributed by atoms with Gasteiger partial charge in [0, 0.05) is 31.5 Å². The van der Waals surface area contributed by atoms with Crippen LogP contribution in [0.2, 0.25) is 0 Å². The summed E-state index contributed by atoms with van der Waals surface area (Å²) in [7, 11) is 0. The van der Waals surface area contributed by atoms with Crippen LogP contribution in [0.25, 0.3) is 0 Å². The largest absolute Gasteiger partial charge is 0.350 e. The van der Waals surface area contributed by atoms with E-state index < -0.39 is 6.04 Å². The Morgan fingerprint density at radius 2 is 1.71 bits per heavy atom. The van der Waals surface area contributed by atoms with Crippen molar-refractivity contribution in [1.82, 2.24) is 10.2 Å². The molecule has 0 aromatic heterocycles. The lowest BCUT2D eigenvalue weighted by atomic mass is 10.0. The molecule has 0 unspecified atom stereocenters. The van der Waals surface area contributed by atoms with Crippen molar-refractivity contribution in [2.45, 2.75) is 45.2 Å². The van der Waals surface area contributed by atoms with E-state index >= 15 is 0 Å². The van der Waals surface area contributed by atoms with Crippen LogP contribution in [-0.2, 0) is 16.1 Å². The van der Waals surface area contributed by atoms with Crippen LogP contribution >= 0.6 is 0 Å². The van der Waals surface area contributed by atoms with Gasteiger partial charge in [-0.1, -0.05) is 60.2 Å². The van der Waals surface area contributed by atoms with Gasteiger partial charge in [0.2, 0.25) is 11.8 Å². The second kappa shape index (κ2) is 9.31. The molecule has 1 aliphatic heterocycles. The minimum atomic E-state index is -0.439. The van der Waals surface area contributed by atoms with Crippen molar-refractivity contribution in [1.29, 1.82) is 0 Å². The van der Waals surface area contributed by atoms with E-state index in [0.29, 0.717) is 25.1 Å². The summed E-state index contributed by atoms with van der Waals surface area (Å²) >= 11 is 0. The molecule has 1 aliphatic rings. The monoisotopic (exact) mass is 378 g/mol. The quantitative estimate of drug-likeness (QED) is 0.752. The van der Waals surface area contributed by atoms with Gasteiger partial charge in [0.15, 0.2) is 5.78 Å². The molecule has 0 bridgehead atoms. The molecule has 1 saturated heterocycles. The van der Waals surface area contributed by atoms with Gasteiger partial charge in [0.1, 0.15) is 6.04 Å². The molecule has 1 N–H and O–H groups in total. The van der Waals surface area contributed by atoms with Crippen molar-refractivity contribution < 1.29 is 14.4 Å². The van der Waals surface area contributed by atoms with Crippen LogP contribution in [0.15, 0.2) is 54.6 Å². The number of likely N-dealkylation sites (tertiary alicyclic amines) is 1. The van der Waals surface area contributed by atoms with Crippen LogP contribution in [-0.4, -0.2) is 35.1 Å². The second-order valence-electron chi connectivity index (χ2n) is 7.24. The predicted molar refractivity (Wildman–Crippen MR) is 108 cm³/mol. The van der Waals surface area contributed by atoms with Crippen LogP contribution in [0.5, 0.6) is 0 Å². The fourth-order valence-corrected chi connectivity index (χ4v) is 3.49. The van der Waals surface area contributed by atoms with Crippen LogP contribution in [0, 0.1) is 6.92 Å². The molecule has 0 radical (unpaired) electrons. The minimum absolute atomic E-state index is 0.0439. The van der Waals surface area contributed by atoms with Crippen molar-refractivity contribution in [3.63, 3.8) is 0 Å². The highest BCUT2D eigenvalue weighted by atomic mass is 16.2. The van der Waals surface area contributed by atoms with E-state index in [9.17, 15) is 14.4 Å². The maximum atomic E-state index is 12.6. The summed E-state index contributed by atoms with van der Waals surface area (Å²) in [5.41, 5.74) is 2.74. The summed E-state index contributed by atoms with van der Waals surface area (Å²) in [6.45, 7) is 2.99. The summed E-state index contributed by atoms with van der Waals surface area (Å²) < 4.78 is 0. The van der Waals surface area contributed by atoms with Gasteiger partial charge in [-0.25, -0.2) is 0 Å². The van der Waals surface area contributed by atoms with E-state index in [4.69, 9.17) is 0 Å². The smallest absolute Gasteiger partial charge is 0.243 e. The number of nitrogens with one attached hydrogen (secondary N) is 1. The topological polar surface area (TPSA) is 66.5 Å². The molecule has 2 aromatic rings. The Labute approximate surface area is 165 Å². The van der Waals surface area contributed by atoms with Gasteiger partial charge in [-0.05, 0) is 25.3 Å². The predicted octanol–water partition coefficient (Wildman–Crippen LogP) is 3.27. The van der Waals surface area contributed by atoms with Crippen molar-refractivity contribution in [3.05, 3.63) is 71.3 Å². The third-order valence-corrected chi connectivity index (χ3v) is 5.12. The van der Waals surface area contributed by atoms with Crippen LogP contribution in [0.1, 0.15) is 47.2 Å². The fourth-order valence-electron chi connectivity index (χ4n) is 3.49. The normalized spacial score (nSPS) is 16.0. The highest BCUT2D eigenvalue weighted by molar-refractivity contribution is 5.98. The highest BCUT2D eigenvalue weighted by Crippen LogP contribution is 2.20. The van der Waals surface area contributed by atoms with E-state index in [0.717, 1.165) is 17.5 Å². The second-order valence-corrected chi connectivity index (χ2v) is 7.24. The van der Waals surface area contributed by atoms with Gasteiger partial charge >= 0.3 is 0 Å². The molecule has 5 nitrogen and oxygen atoms in total. The molecular weight excluding hydrogens is 352 g/mol. The zero-order valence-electron chi connectivity index (χ0n) is 16.2. The number of amides is 2. The third-order valence-electron chi connectivity index (χ3n) is 5.12. The van der Waals surface area contributed by atoms with Crippen molar-refractivity contribution in [2.75, 3.05) is 6.54 Å². The molecular formula is C23H26N2O3. The molecule has 5 heteroatoms. The number of carbonyl (C=O) groups is 3. The van der Waals surface area contributed by atoms with Gasteiger partial charge in [-0.3, -0.25) is 14.4 Å². The van der Waals surface area contributed by atoms with E-state index in [1.54, 1.807) is 17.0 Å². The average Bonchev–Trinajstić information content (AvgIpc) is 3.21. The summed E-state index contributed by atoms with van der Waals surface area (Å²) in [5.74, 6) is -0.296. The van der Waals surface area contributed by atoms with E-state index in [-0.39, 0.29) is 30.4 Å². The number of nitrogens with zero attached hydrogens (tertiary/aromatic N) is 1. The zero-order chi connectivity index (χ0) is 19.9. The first-order valence-electron chi connectivity index (χ1n) is 9.75. The molecule has 2 amide bonds. The van der Waals surface area contributed by atoms with Crippen molar-refractivity contribution in [2.24, 2.45) is 0 Å². The number of Topliss-reactive ketones (excluding diaryl/α,β-unsaturated/α-hetero) is 1. The molecule has 146 valence electrons. The van der Waals surface area contributed by atoms with Crippen LogP contribution in [0.4, 0.5) is 0 Å². The van der Waals surface area contributed by atoms with Crippen LogP contribution < -0.4 is 5.32 Å². The number of rotatable bonds is 7. The van der Waals surface area contributed by atoms with E-state index in [2.05, 4.69) is 5.32 Å². The molecule has 1 fully saturated rings. The average molecular weight is 378 g/mol. The Morgan fingerprint density at radius 3 is 2.43 bits per heavy atom. The van der Waals surface area contributed by atoms with Crippen molar-refractivity contribution >= 4 is 17.6 Å². The standard InChI is InChI=1S/C23H26N2O3/c1-17-9-11-19(12-10-17)21(26)13-14-22(27)25-15-5-8-20(25)23(28)24-16-18-6-3-2-4-7-18/h2-4,6-7,9-12,20H,5,8,13-16H2,1H3,(H,24,28)/t20-/m1/s1. The van der Waals surface area contributed by atoms with Crippen LogP contribution in [0.3, 0.4) is 0 Å². The summed E-state index contributed by atoms with van der Waals surface area (Å²) in [6.07, 6.45) is 1.77. The first-order valence-corrected chi connectivity index (χ1v) is 9.75. The summed E-state index contributed by atoms with van der Waals surface area (Å²) in [6, 6.07) is 16.6. The number of ketones is 1. The van der Waals surface area contributed by atoms with Crippen molar-refractivity contribution in [3.8, 4) is 0 Å². The molecule has 3 rings (SSSR count). The van der Waals surface area contributed by atoms with Gasteiger partial charge < -0.3 is 10.2 Å². The summed E-state index contributed by atoms with van der Waals surface area (Å²) in [5, 5.41) is 2.92. The lowest BCUT2D eigenvalue weighted by Gasteiger charge is -2.24. The number of carbonyl (C=O) groups excluding carboxylic acids is 3. The minimum Gasteiger partial charge on any atom is -0.350 e. The molecule has 1 atom stereocenters. The molecule has 2 aromatic carbocycles. The SMILES string of the molecule is Cc1ccc(C(=O)CCC(=O)N2CCC[C@@H]2C(=O)NCc2ccccc2)cc1. The Hall–Kier alpha value is -2.95. The lowest BCUT2D eigenvalue weighted by Crippen LogP contribution is -2.45. The van der Waals surface area contributed by atoms with Gasteiger partial charge in [-0.15, -0.1) is 0 Å². The molecule has 0 saturated carbocycles. The zero-order valence-corrected chi connectivity index (χ0v) is 16.2. The Balaban J connectivity index is 1.51. The van der Waals surface area contributed by atoms with E-state index in [1.165, 1.54) is 0 Å². The molecule has 0 spiro atoms. The molecule has 0 aliphatic carbocycles. The number of benzene rings is 2. The summed E-state index contributed by atoms with van der Waals surface area (Å²) in [4.78, 5) is 39.1. The number of aryl methyl sites for hydroxylation is 1. The highest BCUT2D eigenvalue weighted by Gasteiger charge is 2.33. The Kier molecular flexibility index (Phi) is 6.58. The Morgan fingerprint density at radius 1 is 1.00 bits per heavy atom. The van der Waals surface area contributed by atoms with Gasteiger partial charge in [0.05, 0.1) is 0 Å². The maximum Gasteiger partial charge on any atom is 0.243 e. The maximum absolute atomic E-state index is 12.6.